The van der Waals surface area contributed by atoms with Gasteiger partial charge in [0, 0.05) is 43.6 Å². The summed E-state index contributed by atoms with van der Waals surface area (Å²) in [7, 11) is 0. The Hall–Kier alpha value is -7.21. The van der Waals surface area contributed by atoms with E-state index in [4.69, 9.17) is 19.9 Å². The van der Waals surface area contributed by atoms with E-state index in [1.54, 1.807) is 0 Å². The molecule has 284 valence electrons. The van der Waals surface area contributed by atoms with Gasteiger partial charge in [-0.15, -0.1) is 0 Å². The van der Waals surface area contributed by atoms with E-state index < -0.39 is 5.41 Å². The highest BCUT2D eigenvalue weighted by Crippen LogP contribution is 2.65. The predicted octanol–water partition coefficient (Wildman–Crippen LogP) is 14.0. The van der Waals surface area contributed by atoms with E-state index in [0.29, 0.717) is 17.5 Å². The van der Waals surface area contributed by atoms with Gasteiger partial charge in [0.1, 0.15) is 0 Å². The summed E-state index contributed by atoms with van der Waals surface area (Å²) in [6.45, 7) is 4.34. The van der Waals surface area contributed by atoms with Crippen molar-refractivity contribution in [1.82, 2.24) is 19.9 Å². The molecule has 0 saturated heterocycles. The number of fused-ring (bicyclic) bond motifs is 8. The number of hydrogen-bond acceptors (Lipinski definition) is 5. The van der Waals surface area contributed by atoms with Crippen LogP contribution in [0.4, 0.5) is 0 Å². The van der Waals surface area contributed by atoms with Crippen LogP contribution in [0.25, 0.3) is 78.4 Å². The number of rotatable bonds is 5. The number of allylic oxidation sites excluding steroid dienone is 3. The Morgan fingerprint density at radius 1 is 0.433 bits per heavy atom. The minimum absolute atomic E-state index is 0.582. The van der Waals surface area contributed by atoms with Crippen LogP contribution < -0.4 is 0 Å². The third-order valence-corrected chi connectivity index (χ3v) is 13.2. The quantitative estimate of drug-likeness (QED) is 0.174. The summed E-state index contributed by atoms with van der Waals surface area (Å²) in [5.41, 5.74) is 15.2. The van der Waals surface area contributed by atoms with Crippen LogP contribution in [-0.2, 0) is 5.41 Å². The zero-order valence-corrected chi connectivity index (χ0v) is 34.0. The molecular formula is C55H38N4S. The van der Waals surface area contributed by atoms with Crippen molar-refractivity contribution in [2.75, 3.05) is 0 Å². The fourth-order valence-corrected chi connectivity index (χ4v) is 10.7. The van der Waals surface area contributed by atoms with Crippen LogP contribution >= 0.6 is 11.8 Å². The number of thioether (sulfide) groups is 1. The SMILES string of the molecule is CC=C1/C(=C\C)Sc2ccccc2C12c1cccc(-c3ccc(-c4cccc5cccnc45)cc3)c1-c1c(-c3nc(-c4ccccc4)nc(-c4ccccc4)n3)cccc12. The standard InChI is InChI=1S/C55H38N4S/c1-3-43-47(4-2)60-48-29-12-11-26-44(48)55(43)45-27-14-23-40(35-30-32-36(33-31-35)41-24-13-21-37-22-16-34-56-51(37)41)49(45)50-42(25-15-28-46(50)55)54-58-52(38-17-7-5-8-18-38)57-53(59-54)39-19-9-6-10-20-39/h3-34H,1-2H3/b43-3?,47-4+. The molecule has 5 heteroatoms. The maximum atomic E-state index is 5.31. The van der Waals surface area contributed by atoms with E-state index in [-0.39, 0.29) is 0 Å². The number of hydrogen-bond donors (Lipinski definition) is 0. The van der Waals surface area contributed by atoms with Crippen LogP contribution in [0.1, 0.15) is 30.5 Å². The maximum Gasteiger partial charge on any atom is 0.164 e. The molecule has 0 saturated carbocycles. The summed E-state index contributed by atoms with van der Waals surface area (Å²) < 4.78 is 0. The van der Waals surface area contributed by atoms with Gasteiger partial charge >= 0.3 is 0 Å². The van der Waals surface area contributed by atoms with E-state index in [1.807, 2.05) is 60.4 Å². The molecule has 2 aromatic heterocycles. The smallest absolute Gasteiger partial charge is 0.164 e. The van der Waals surface area contributed by atoms with E-state index in [1.165, 1.54) is 37.6 Å². The van der Waals surface area contributed by atoms with Crippen molar-refractivity contribution in [2.45, 2.75) is 24.2 Å². The average molecular weight is 787 g/mol. The Morgan fingerprint density at radius 2 is 0.967 bits per heavy atom. The fraction of sp³-hybridized carbons (Fsp3) is 0.0545. The van der Waals surface area contributed by atoms with Gasteiger partial charge in [-0.2, -0.15) is 0 Å². The maximum absolute atomic E-state index is 5.31. The normalized spacial score (nSPS) is 16.6. The van der Waals surface area contributed by atoms with Crippen molar-refractivity contribution in [3.8, 4) is 67.5 Å². The zero-order valence-electron chi connectivity index (χ0n) is 33.2. The zero-order chi connectivity index (χ0) is 40.2. The Morgan fingerprint density at radius 3 is 1.63 bits per heavy atom. The second-order valence-electron chi connectivity index (χ2n) is 15.2. The molecule has 11 rings (SSSR count). The lowest BCUT2D eigenvalue weighted by atomic mass is 9.66. The number of para-hydroxylation sites is 1. The molecule has 0 amide bonds. The predicted molar refractivity (Wildman–Crippen MR) is 247 cm³/mol. The molecule has 0 bridgehead atoms. The molecule has 1 unspecified atom stereocenters. The largest absolute Gasteiger partial charge is 0.256 e. The highest BCUT2D eigenvalue weighted by Gasteiger charge is 2.52. The molecule has 3 heterocycles. The van der Waals surface area contributed by atoms with Gasteiger partial charge in [0.25, 0.3) is 0 Å². The van der Waals surface area contributed by atoms with Gasteiger partial charge < -0.3 is 0 Å². The molecule has 0 N–H and O–H groups in total. The third kappa shape index (κ3) is 5.54. The second-order valence-corrected chi connectivity index (χ2v) is 16.2. The minimum atomic E-state index is -0.582. The molecule has 4 nitrogen and oxygen atoms in total. The molecule has 1 spiro atoms. The van der Waals surface area contributed by atoms with Crippen LogP contribution in [0.3, 0.4) is 0 Å². The molecule has 1 aliphatic carbocycles. The van der Waals surface area contributed by atoms with Gasteiger partial charge in [0.2, 0.25) is 0 Å². The van der Waals surface area contributed by atoms with Gasteiger partial charge in [-0.1, -0.05) is 188 Å². The molecule has 1 aliphatic heterocycles. The van der Waals surface area contributed by atoms with Crippen molar-refractivity contribution in [3.05, 3.63) is 221 Å². The fourth-order valence-electron chi connectivity index (χ4n) is 9.46. The lowest BCUT2D eigenvalue weighted by Crippen LogP contribution is -2.33. The molecule has 60 heavy (non-hydrogen) atoms. The lowest BCUT2D eigenvalue weighted by molar-refractivity contribution is 0.736. The van der Waals surface area contributed by atoms with Crippen molar-refractivity contribution >= 4 is 22.7 Å². The first-order valence-corrected chi connectivity index (χ1v) is 21.2. The van der Waals surface area contributed by atoms with E-state index in [0.717, 1.165) is 55.4 Å². The Labute approximate surface area is 354 Å². The van der Waals surface area contributed by atoms with E-state index in [9.17, 15) is 0 Å². The van der Waals surface area contributed by atoms with Crippen molar-refractivity contribution < 1.29 is 0 Å². The van der Waals surface area contributed by atoms with Crippen molar-refractivity contribution in [2.24, 2.45) is 0 Å². The monoisotopic (exact) mass is 786 g/mol. The first-order chi connectivity index (χ1) is 29.7. The van der Waals surface area contributed by atoms with Crippen LogP contribution in [-0.4, -0.2) is 19.9 Å². The Kier molecular flexibility index (Phi) is 8.72. The van der Waals surface area contributed by atoms with E-state index >= 15 is 0 Å². The molecule has 0 fully saturated rings. The van der Waals surface area contributed by atoms with Gasteiger partial charge in [0.15, 0.2) is 17.5 Å². The summed E-state index contributed by atoms with van der Waals surface area (Å²) in [5.74, 6) is 1.92. The first-order valence-electron chi connectivity index (χ1n) is 20.4. The highest BCUT2D eigenvalue weighted by atomic mass is 32.2. The summed E-state index contributed by atoms with van der Waals surface area (Å²) in [6.07, 6.45) is 6.47. The Bertz CT molecular complexity index is 3130. The number of benzene rings is 7. The van der Waals surface area contributed by atoms with Crippen LogP contribution in [0.5, 0.6) is 0 Å². The van der Waals surface area contributed by atoms with Gasteiger partial charge in [-0.3, -0.25) is 4.98 Å². The number of pyridine rings is 1. The average Bonchev–Trinajstić information content (AvgIpc) is 3.62. The topological polar surface area (TPSA) is 51.6 Å². The molecule has 0 radical (unpaired) electrons. The summed E-state index contributed by atoms with van der Waals surface area (Å²) in [6, 6.07) is 62.5. The summed E-state index contributed by atoms with van der Waals surface area (Å²) >= 11 is 1.86. The summed E-state index contributed by atoms with van der Waals surface area (Å²) in [5, 5.41) is 1.13. The summed E-state index contributed by atoms with van der Waals surface area (Å²) in [4.78, 5) is 23.0. The Balaban J connectivity index is 1.21. The second kappa shape index (κ2) is 14.6. The number of nitrogens with zero attached hydrogens (tertiary/aromatic N) is 4. The van der Waals surface area contributed by atoms with Crippen LogP contribution in [0.2, 0.25) is 0 Å². The third-order valence-electron chi connectivity index (χ3n) is 12.0. The molecule has 1 atom stereocenters. The molecule has 7 aromatic carbocycles. The molecule has 2 aliphatic rings. The van der Waals surface area contributed by atoms with Crippen LogP contribution in [0, 0.1) is 0 Å². The van der Waals surface area contributed by atoms with Crippen molar-refractivity contribution in [1.29, 1.82) is 0 Å². The van der Waals surface area contributed by atoms with Gasteiger partial charge in [0.05, 0.1) is 10.9 Å². The van der Waals surface area contributed by atoms with Crippen molar-refractivity contribution in [3.63, 3.8) is 0 Å². The molecule has 9 aromatic rings. The lowest BCUT2D eigenvalue weighted by Gasteiger charge is -2.41. The van der Waals surface area contributed by atoms with E-state index in [2.05, 4.69) is 159 Å². The van der Waals surface area contributed by atoms with Gasteiger partial charge in [-0.25, -0.2) is 15.0 Å². The van der Waals surface area contributed by atoms with Gasteiger partial charge in [-0.05, 0) is 76.1 Å². The number of aromatic nitrogens is 4. The highest BCUT2D eigenvalue weighted by molar-refractivity contribution is 8.03. The first kappa shape index (κ1) is 35.9. The minimum Gasteiger partial charge on any atom is -0.256 e. The molecular weight excluding hydrogens is 749 g/mol. The van der Waals surface area contributed by atoms with Crippen LogP contribution in [0.15, 0.2) is 210 Å².